The highest BCUT2D eigenvalue weighted by molar-refractivity contribution is 7.89. The van der Waals surface area contributed by atoms with Gasteiger partial charge in [-0.15, -0.1) is 0 Å². The maximum atomic E-state index is 13.1. The lowest BCUT2D eigenvalue weighted by Crippen LogP contribution is -2.51. The number of anilines is 1. The number of benzene rings is 1. The van der Waals surface area contributed by atoms with Crippen molar-refractivity contribution in [3.05, 3.63) is 29.8 Å². The molecule has 8 heteroatoms. The molecule has 2 aliphatic rings. The predicted octanol–water partition coefficient (Wildman–Crippen LogP) is 1.23. The summed E-state index contributed by atoms with van der Waals surface area (Å²) in [6.45, 7) is 6.40. The molecule has 7 nitrogen and oxygen atoms in total. The lowest BCUT2D eigenvalue weighted by molar-refractivity contribution is -0.120. The second kappa shape index (κ2) is 7.64. The Morgan fingerprint density at radius 2 is 1.85 bits per heavy atom. The summed E-state index contributed by atoms with van der Waals surface area (Å²) in [7, 11) is -3.48. The number of hydrogen-bond acceptors (Lipinski definition) is 5. The number of carbonyl (C=O) groups is 1. The van der Waals surface area contributed by atoms with Gasteiger partial charge in [-0.1, -0.05) is 18.2 Å². The van der Waals surface area contributed by atoms with Gasteiger partial charge in [-0.25, -0.2) is 12.7 Å². The number of hydrazine groups is 1. The van der Waals surface area contributed by atoms with Crippen LogP contribution in [0.15, 0.2) is 24.3 Å². The Morgan fingerprint density at radius 1 is 1.19 bits per heavy atom. The number of carbonyl (C=O) groups excluding carboxylic acids is 1. The number of nitrogens with one attached hydrogen (secondary N) is 3. The maximum absolute atomic E-state index is 13.1. The molecule has 144 valence electrons. The van der Waals surface area contributed by atoms with Gasteiger partial charge in [0, 0.05) is 30.9 Å². The minimum Gasteiger partial charge on any atom is -0.326 e. The molecule has 0 aromatic heterocycles. The largest absolute Gasteiger partial charge is 0.326 e. The normalized spacial score (nSPS) is 30.3. The minimum absolute atomic E-state index is 0.108. The van der Waals surface area contributed by atoms with Gasteiger partial charge in [0.05, 0.1) is 5.92 Å². The van der Waals surface area contributed by atoms with E-state index in [1.165, 1.54) is 4.31 Å². The van der Waals surface area contributed by atoms with Gasteiger partial charge in [0.1, 0.15) is 5.25 Å². The highest BCUT2D eigenvalue weighted by Gasteiger charge is 2.45. The second-order valence-electron chi connectivity index (χ2n) is 7.38. The molecule has 0 bridgehead atoms. The van der Waals surface area contributed by atoms with Gasteiger partial charge in [-0.2, -0.15) is 0 Å². The van der Waals surface area contributed by atoms with Crippen molar-refractivity contribution in [2.24, 2.45) is 5.92 Å². The summed E-state index contributed by atoms with van der Waals surface area (Å²) in [5.41, 5.74) is 7.78. The third kappa shape index (κ3) is 3.78. The van der Waals surface area contributed by atoms with E-state index in [-0.39, 0.29) is 30.5 Å². The lowest BCUT2D eigenvalue weighted by Gasteiger charge is -2.34. The van der Waals surface area contributed by atoms with Gasteiger partial charge in [0.15, 0.2) is 0 Å². The van der Waals surface area contributed by atoms with Crippen LogP contribution in [-0.4, -0.2) is 49.1 Å². The molecule has 1 aromatic carbocycles. The van der Waals surface area contributed by atoms with Crippen LogP contribution in [0.4, 0.5) is 5.69 Å². The Kier molecular flexibility index (Phi) is 5.67. The van der Waals surface area contributed by atoms with Crippen LogP contribution in [-0.2, 0) is 14.8 Å². The number of nitrogens with zero attached hydrogens (tertiary/aromatic N) is 1. The first-order valence-electron chi connectivity index (χ1n) is 9.17. The summed E-state index contributed by atoms with van der Waals surface area (Å²) in [6.07, 6.45) is 1.40. The number of piperidine rings is 1. The Labute approximate surface area is 155 Å². The number of hydrogen-bond donors (Lipinski definition) is 3. The number of para-hydroxylation sites is 1. The molecule has 2 heterocycles. The number of sulfonamides is 1. The van der Waals surface area contributed by atoms with Gasteiger partial charge in [-0.3, -0.25) is 15.6 Å². The topological polar surface area (TPSA) is 90.5 Å². The van der Waals surface area contributed by atoms with E-state index < -0.39 is 15.3 Å². The van der Waals surface area contributed by atoms with Crippen molar-refractivity contribution in [1.29, 1.82) is 0 Å². The fraction of sp³-hybridized carbons (Fsp3) is 0.611. The van der Waals surface area contributed by atoms with Crippen LogP contribution < -0.4 is 16.2 Å². The molecule has 0 spiro atoms. The molecule has 2 aliphatic heterocycles. The standard InChI is InChI=1S/C18H28N4O3S/c1-12-7-4-5-9-16(12)19-18(23)15-8-6-10-22(11-15)26(24,25)17-13(2)20-21-14(17)3/h4-5,7,9,13-15,17,20-21H,6,8,10-11H2,1-3H3,(H,19,23). The molecule has 26 heavy (non-hydrogen) atoms. The predicted molar refractivity (Wildman–Crippen MR) is 102 cm³/mol. The molecule has 1 aromatic rings. The molecular formula is C18H28N4O3S. The van der Waals surface area contributed by atoms with E-state index in [4.69, 9.17) is 0 Å². The van der Waals surface area contributed by atoms with Crippen LogP contribution in [0, 0.1) is 12.8 Å². The van der Waals surface area contributed by atoms with Crippen molar-refractivity contribution >= 4 is 21.6 Å². The molecule has 0 saturated carbocycles. The Balaban J connectivity index is 1.71. The van der Waals surface area contributed by atoms with E-state index in [1.807, 2.05) is 45.0 Å². The van der Waals surface area contributed by atoms with Crippen LogP contribution in [0.5, 0.6) is 0 Å². The molecule has 3 unspecified atom stereocenters. The van der Waals surface area contributed by atoms with E-state index in [0.29, 0.717) is 19.4 Å². The van der Waals surface area contributed by atoms with Crippen molar-refractivity contribution in [1.82, 2.24) is 15.2 Å². The monoisotopic (exact) mass is 380 g/mol. The highest BCUT2D eigenvalue weighted by atomic mass is 32.2. The summed E-state index contributed by atoms with van der Waals surface area (Å²) >= 11 is 0. The van der Waals surface area contributed by atoms with E-state index >= 15 is 0 Å². The molecular weight excluding hydrogens is 352 g/mol. The SMILES string of the molecule is Cc1ccccc1NC(=O)C1CCCN(S(=O)(=O)C2C(C)NNC2C)C1. The van der Waals surface area contributed by atoms with E-state index in [1.54, 1.807) is 0 Å². The molecule has 2 fully saturated rings. The maximum Gasteiger partial charge on any atom is 0.228 e. The molecule has 3 atom stereocenters. The highest BCUT2D eigenvalue weighted by Crippen LogP contribution is 2.26. The molecule has 3 rings (SSSR count). The molecule has 2 saturated heterocycles. The van der Waals surface area contributed by atoms with Gasteiger partial charge in [-0.05, 0) is 45.2 Å². The average Bonchev–Trinajstić information content (AvgIpc) is 2.96. The molecule has 1 amide bonds. The van der Waals surface area contributed by atoms with Gasteiger partial charge >= 0.3 is 0 Å². The van der Waals surface area contributed by atoms with Crippen LogP contribution in [0.1, 0.15) is 32.3 Å². The third-order valence-electron chi connectivity index (χ3n) is 5.39. The minimum atomic E-state index is -3.48. The second-order valence-corrected chi connectivity index (χ2v) is 9.47. The van der Waals surface area contributed by atoms with Crippen molar-refractivity contribution in [3.63, 3.8) is 0 Å². The van der Waals surface area contributed by atoms with Crippen LogP contribution in [0.3, 0.4) is 0 Å². The summed E-state index contributed by atoms with van der Waals surface area (Å²) in [5.74, 6) is -0.436. The lowest BCUT2D eigenvalue weighted by atomic mass is 9.98. The quantitative estimate of drug-likeness (QED) is 0.731. The number of amides is 1. The van der Waals surface area contributed by atoms with Gasteiger partial charge < -0.3 is 5.32 Å². The smallest absolute Gasteiger partial charge is 0.228 e. The van der Waals surface area contributed by atoms with Crippen LogP contribution in [0.2, 0.25) is 0 Å². The Bertz CT molecular complexity index is 757. The molecule has 0 radical (unpaired) electrons. The van der Waals surface area contributed by atoms with E-state index in [0.717, 1.165) is 11.3 Å². The summed E-state index contributed by atoms with van der Waals surface area (Å²) in [5, 5.41) is 2.43. The van der Waals surface area contributed by atoms with Crippen molar-refractivity contribution in [2.45, 2.75) is 50.9 Å². The fourth-order valence-corrected chi connectivity index (χ4v) is 6.17. The average molecular weight is 381 g/mol. The summed E-state index contributed by atoms with van der Waals surface area (Å²) in [4.78, 5) is 12.7. The van der Waals surface area contributed by atoms with E-state index in [9.17, 15) is 13.2 Å². The first kappa shape index (κ1) is 19.3. The summed E-state index contributed by atoms with van der Waals surface area (Å²) in [6, 6.07) is 7.27. The van der Waals surface area contributed by atoms with Crippen LogP contribution in [0.25, 0.3) is 0 Å². The third-order valence-corrected chi connectivity index (χ3v) is 7.94. The summed E-state index contributed by atoms with van der Waals surface area (Å²) < 4.78 is 27.7. The van der Waals surface area contributed by atoms with Gasteiger partial charge in [0.2, 0.25) is 15.9 Å². The van der Waals surface area contributed by atoms with Crippen molar-refractivity contribution < 1.29 is 13.2 Å². The molecule has 0 aliphatic carbocycles. The fourth-order valence-electron chi connectivity index (χ4n) is 3.88. The zero-order valence-electron chi connectivity index (χ0n) is 15.5. The molecule has 3 N–H and O–H groups in total. The van der Waals surface area contributed by atoms with E-state index in [2.05, 4.69) is 16.2 Å². The van der Waals surface area contributed by atoms with Gasteiger partial charge in [0.25, 0.3) is 0 Å². The first-order chi connectivity index (χ1) is 12.3. The number of rotatable bonds is 4. The number of aryl methyl sites for hydroxylation is 1. The first-order valence-corrected chi connectivity index (χ1v) is 10.7. The van der Waals surface area contributed by atoms with Crippen molar-refractivity contribution in [2.75, 3.05) is 18.4 Å². The van der Waals surface area contributed by atoms with Crippen molar-refractivity contribution in [3.8, 4) is 0 Å². The zero-order chi connectivity index (χ0) is 18.9. The zero-order valence-corrected chi connectivity index (χ0v) is 16.3. The Hall–Kier alpha value is -1.48. The van der Waals surface area contributed by atoms with Crippen LogP contribution >= 0.6 is 0 Å². The Morgan fingerprint density at radius 3 is 2.50 bits per heavy atom.